The molecular weight excluding hydrogens is 352 g/mol. The van der Waals surface area contributed by atoms with E-state index in [0.717, 1.165) is 53.4 Å². The van der Waals surface area contributed by atoms with Crippen LogP contribution in [0.15, 0.2) is 36.9 Å². The molecule has 144 valence electrons. The maximum atomic E-state index is 13.0. The minimum absolute atomic E-state index is 0.169. The van der Waals surface area contributed by atoms with Crippen molar-refractivity contribution in [1.29, 1.82) is 0 Å². The first kappa shape index (κ1) is 17.3. The van der Waals surface area contributed by atoms with Gasteiger partial charge in [0, 0.05) is 54.1 Å². The summed E-state index contributed by atoms with van der Waals surface area (Å²) in [5.41, 5.74) is 9.78. The molecule has 2 fully saturated rings. The van der Waals surface area contributed by atoms with Crippen molar-refractivity contribution in [1.82, 2.24) is 24.6 Å². The van der Waals surface area contributed by atoms with Gasteiger partial charge in [0.2, 0.25) is 5.91 Å². The van der Waals surface area contributed by atoms with Gasteiger partial charge in [-0.15, -0.1) is 0 Å². The molecule has 2 saturated heterocycles. The average molecular weight is 376 g/mol. The van der Waals surface area contributed by atoms with Crippen molar-refractivity contribution in [3.8, 4) is 11.1 Å². The molecule has 0 aliphatic carbocycles. The number of hydrogen-bond donors (Lipinski definition) is 1. The van der Waals surface area contributed by atoms with Crippen LogP contribution in [0.4, 0.5) is 0 Å². The predicted octanol–water partition coefficient (Wildman–Crippen LogP) is 2.05. The van der Waals surface area contributed by atoms with Crippen molar-refractivity contribution < 1.29 is 4.79 Å². The molecule has 1 amide bonds. The second-order valence-corrected chi connectivity index (χ2v) is 8.09. The van der Waals surface area contributed by atoms with Crippen LogP contribution in [0.2, 0.25) is 0 Å². The summed E-state index contributed by atoms with van der Waals surface area (Å²) >= 11 is 0. The largest absolute Gasteiger partial charge is 0.336 e. The van der Waals surface area contributed by atoms with Gasteiger partial charge in [-0.3, -0.25) is 19.4 Å². The predicted molar refractivity (Wildman–Crippen MR) is 106 cm³/mol. The summed E-state index contributed by atoms with van der Waals surface area (Å²) in [4.78, 5) is 24.1. The van der Waals surface area contributed by atoms with Crippen molar-refractivity contribution in [2.45, 2.75) is 50.2 Å². The smallest absolute Gasteiger partial charge is 0.229 e. The van der Waals surface area contributed by atoms with Crippen LogP contribution in [-0.2, 0) is 18.3 Å². The molecule has 7 nitrogen and oxygen atoms in total. The van der Waals surface area contributed by atoms with Gasteiger partial charge in [0.25, 0.3) is 0 Å². The fraction of sp³-hybridized carbons (Fsp3) is 0.429. The van der Waals surface area contributed by atoms with Crippen LogP contribution in [0.3, 0.4) is 0 Å². The van der Waals surface area contributed by atoms with Crippen LogP contribution in [0, 0.1) is 0 Å². The number of fused-ring (bicyclic) bond motifs is 3. The number of carbonyl (C=O) groups is 1. The van der Waals surface area contributed by atoms with E-state index in [1.807, 2.05) is 31.7 Å². The molecule has 0 spiro atoms. The number of nitrogens with zero attached hydrogens (tertiary/aromatic N) is 5. The van der Waals surface area contributed by atoms with E-state index in [-0.39, 0.29) is 11.9 Å². The zero-order valence-corrected chi connectivity index (χ0v) is 16.0. The molecule has 7 heteroatoms. The normalized spacial score (nSPS) is 24.1. The molecule has 2 bridgehead atoms. The third-order valence-corrected chi connectivity index (χ3v) is 6.05. The Bertz CT molecular complexity index is 1030. The van der Waals surface area contributed by atoms with Gasteiger partial charge in [0.1, 0.15) is 0 Å². The number of pyridine rings is 2. The first-order valence-electron chi connectivity index (χ1n) is 9.87. The molecule has 3 aromatic heterocycles. The van der Waals surface area contributed by atoms with Gasteiger partial charge in [-0.25, -0.2) is 0 Å². The molecule has 2 aliphatic rings. The van der Waals surface area contributed by atoms with Crippen LogP contribution >= 0.6 is 0 Å². The summed E-state index contributed by atoms with van der Waals surface area (Å²) in [6, 6.07) is 4.91. The third-order valence-electron chi connectivity index (χ3n) is 6.05. The van der Waals surface area contributed by atoms with Gasteiger partial charge in [0.15, 0.2) is 0 Å². The third kappa shape index (κ3) is 3.05. The summed E-state index contributed by atoms with van der Waals surface area (Å²) < 4.78 is 1.77. The van der Waals surface area contributed by atoms with E-state index in [2.05, 4.69) is 26.0 Å². The van der Waals surface area contributed by atoms with E-state index in [4.69, 9.17) is 5.73 Å². The average Bonchev–Trinajstić information content (AvgIpc) is 3.22. The van der Waals surface area contributed by atoms with E-state index >= 15 is 0 Å². The lowest BCUT2D eigenvalue weighted by Crippen LogP contribution is -2.50. The Kier molecular flexibility index (Phi) is 4.12. The molecule has 0 saturated carbocycles. The van der Waals surface area contributed by atoms with Crippen LogP contribution in [0.1, 0.15) is 31.4 Å². The Labute approximate surface area is 163 Å². The maximum absolute atomic E-state index is 13.0. The van der Waals surface area contributed by atoms with Crippen molar-refractivity contribution in [3.05, 3.63) is 42.6 Å². The van der Waals surface area contributed by atoms with Crippen molar-refractivity contribution >= 4 is 16.8 Å². The fourth-order valence-electron chi connectivity index (χ4n) is 4.77. The van der Waals surface area contributed by atoms with Crippen LogP contribution in [0.5, 0.6) is 0 Å². The first-order valence-corrected chi connectivity index (χ1v) is 9.87. The zero-order chi connectivity index (χ0) is 19.3. The number of nitrogens with two attached hydrogens (primary N) is 1. The van der Waals surface area contributed by atoms with Gasteiger partial charge in [-0.2, -0.15) is 5.10 Å². The molecule has 5 rings (SSSR count). The molecule has 2 aliphatic heterocycles. The van der Waals surface area contributed by atoms with Crippen molar-refractivity contribution in [2.75, 3.05) is 0 Å². The Morgan fingerprint density at radius 2 is 1.89 bits per heavy atom. The number of aryl methyl sites for hydroxylation is 1. The molecule has 28 heavy (non-hydrogen) atoms. The lowest BCUT2D eigenvalue weighted by Gasteiger charge is -2.37. The summed E-state index contributed by atoms with van der Waals surface area (Å²) in [5.74, 6) is 0.169. The standard InChI is InChI=1S/C21H24N6O/c1-26-12-15(10-25-26)14-4-13-5-17(23-11-20(13)24-9-14)8-21(28)27-18-2-3-19(27)7-16(22)6-18/h4-5,9-12,16,18-19H,2-3,6-8,22H2,1H3/t16?,18-,19+. The van der Waals surface area contributed by atoms with Crippen LogP contribution in [0.25, 0.3) is 22.0 Å². The fourth-order valence-corrected chi connectivity index (χ4v) is 4.77. The SMILES string of the molecule is Cn1cc(-c2cnc3cnc(CC(=O)N4[C@@H]5CC[C@H]4CC(N)C5)cc3c2)cn1. The number of rotatable bonds is 3. The molecule has 3 aromatic rings. The molecule has 3 atom stereocenters. The summed E-state index contributed by atoms with van der Waals surface area (Å²) in [7, 11) is 1.90. The molecule has 0 radical (unpaired) electrons. The second kappa shape index (κ2) is 6.67. The highest BCUT2D eigenvalue weighted by Crippen LogP contribution is 2.35. The highest BCUT2D eigenvalue weighted by molar-refractivity contribution is 5.85. The van der Waals surface area contributed by atoms with Crippen molar-refractivity contribution in [2.24, 2.45) is 12.8 Å². The van der Waals surface area contributed by atoms with E-state index in [1.165, 1.54) is 0 Å². The lowest BCUT2D eigenvalue weighted by atomic mass is 9.97. The Balaban J connectivity index is 1.39. The number of amides is 1. The maximum Gasteiger partial charge on any atom is 0.229 e. The highest BCUT2D eigenvalue weighted by Gasteiger charge is 2.41. The lowest BCUT2D eigenvalue weighted by molar-refractivity contribution is -0.135. The number of carbonyl (C=O) groups excluding carboxylic acids is 1. The molecule has 0 aromatic carbocycles. The minimum Gasteiger partial charge on any atom is -0.336 e. The zero-order valence-electron chi connectivity index (χ0n) is 16.0. The van der Waals surface area contributed by atoms with E-state index < -0.39 is 0 Å². The van der Waals surface area contributed by atoms with E-state index in [0.29, 0.717) is 18.5 Å². The number of hydrogen-bond acceptors (Lipinski definition) is 5. The van der Waals surface area contributed by atoms with E-state index in [1.54, 1.807) is 10.9 Å². The number of piperidine rings is 1. The van der Waals surface area contributed by atoms with Gasteiger partial charge in [-0.05, 0) is 37.8 Å². The van der Waals surface area contributed by atoms with Gasteiger partial charge in [0.05, 0.1) is 30.0 Å². The van der Waals surface area contributed by atoms with Crippen molar-refractivity contribution in [3.63, 3.8) is 0 Å². The molecular formula is C21H24N6O. The topological polar surface area (TPSA) is 89.9 Å². The van der Waals surface area contributed by atoms with Gasteiger partial charge < -0.3 is 10.6 Å². The molecule has 2 N–H and O–H groups in total. The number of aromatic nitrogens is 4. The minimum atomic E-state index is 0.169. The quantitative estimate of drug-likeness (QED) is 0.756. The van der Waals surface area contributed by atoms with Crippen LogP contribution in [-0.4, -0.2) is 48.7 Å². The van der Waals surface area contributed by atoms with Gasteiger partial charge >= 0.3 is 0 Å². The Hall–Kier alpha value is -2.80. The second-order valence-electron chi connectivity index (χ2n) is 8.09. The summed E-state index contributed by atoms with van der Waals surface area (Å²) in [6.07, 6.45) is 11.7. The monoisotopic (exact) mass is 376 g/mol. The molecule has 1 unspecified atom stereocenters. The summed E-state index contributed by atoms with van der Waals surface area (Å²) in [6.45, 7) is 0. The Morgan fingerprint density at radius 3 is 2.61 bits per heavy atom. The first-order chi connectivity index (χ1) is 13.6. The van der Waals surface area contributed by atoms with Gasteiger partial charge in [-0.1, -0.05) is 0 Å². The van der Waals surface area contributed by atoms with E-state index in [9.17, 15) is 4.79 Å². The highest BCUT2D eigenvalue weighted by atomic mass is 16.2. The summed E-state index contributed by atoms with van der Waals surface area (Å²) in [5, 5.41) is 5.21. The van der Waals surface area contributed by atoms with Crippen LogP contribution < -0.4 is 5.73 Å². The Morgan fingerprint density at radius 1 is 1.11 bits per heavy atom. The molecule has 5 heterocycles.